The van der Waals surface area contributed by atoms with Gasteiger partial charge < -0.3 is 19.4 Å². The van der Waals surface area contributed by atoms with Crippen molar-refractivity contribution in [2.45, 2.75) is 18.5 Å². The molecule has 0 radical (unpaired) electrons. The van der Waals surface area contributed by atoms with Crippen LogP contribution in [-0.4, -0.2) is 34.6 Å². The number of hydrogen-bond acceptors (Lipinski definition) is 5. The van der Waals surface area contributed by atoms with E-state index in [9.17, 15) is 9.18 Å². The SMILES string of the molecule is COC(=O)CCN1C(=S)N[C@@H](c2ccccn2)[C@@H]1c1ccc(-c2ccc(F)cc2Br)o1. The molecule has 1 saturated heterocycles. The van der Waals surface area contributed by atoms with Gasteiger partial charge in [0.1, 0.15) is 23.4 Å². The average molecular weight is 504 g/mol. The Morgan fingerprint density at radius 1 is 1.32 bits per heavy atom. The highest BCUT2D eigenvalue weighted by Crippen LogP contribution is 2.41. The van der Waals surface area contributed by atoms with E-state index in [1.807, 2.05) is 35.2 Å². The highest BCUT2D eigenvalue weighted by Gasteiger charge is 2.41. The molecule has 4 rings (SSSR count). The molecule has 0 spiro atoms. The fraction of sp³-hybridized carbons (Fsp3) is 0.227. The summed E-state index contributed by atoms with van der Waals surface area (Å²) in [5.74, 6) is 0.585. The maximum atomic E-state index is 13.5. The van der Waals surface area contributed by atoms with Crippen molar-refractivity contribution in [1.82, 2.24) is 15.2 Å². The van der Waals surface area contributed by atoms with Gasteiger partial charge in [0.15, 0.2) is 5.11 Å². The van der Waals surface area contributed by atoms with Crippen molar-refractivity contribution in [3.05, 3.63) is 76.5 Å². The number of pyridine rings is 1. The van der Waals surface area contributed by atoms with E-state index in [0.29, 0.717) is 27.7 Å². The Hall–Kier alpha value is -2.78. The van der Waals surface area contributed by atoms with E-state index in [4.69, 9.17) is 21.4 Å². The first-order valence-electron chi connectivity index (χ1n) is 9.58. The van der Waals surface area contributed by atoms with Crippen molar-refractivity contribution < 1.29 is 18.3 Å². The molecular formula is C22H19BrFN3O3S. The zero-order chi connectivity index (χ0) is 22.0. The predicted octanol–water partition coefficient (Wildman–Crippen LogP) is 4.78. The van der Waals surface area contributed by atoms with Crippen LogP contribution in [0.1, 0.15) is 30.0 Å². The van der Waals surface area contributed by atoms with Crippen molar-refractivity contribution in [2.24, 2.45) is 0 Å². The Morgan fingerprint density at radius 2 is 2.16 bits per heavy atom. The monoisotopic (exact) mass is 503 g/mol. The fourth-order valence-electron chi connectivity index (χ4n) is 3.61. The van der Waals surface area contributed by atoms with Crippen LogP contribution in [0.15, 0.2) is 63.6 Å². The maximum Gasteiger partial charge on any atom is 0.307 e. The van der Waals surface area contributed by atoms with Gasteiger partial charge in [-0.25, -0.2) is 4.39 Å². The molecule has 1 aromatic carbocycles. The van der Waals surface area contributed by atoms with E-state index in [1.54, 1.807) is 12.3 Å². The summed E-state index contributed by atoms with van der Waals surface area (Å²) < 4.78 is 25.1. The van der Waals surface area contributed by atoms with Gasteiger partial charge in [-0.3, -0.25) is 9.78 Å². The lowest BCUT2D eigenvalue weighted by atomic mass is 10.0. The molecule has 0 unspecified atom stereocenters. The van der Waals surface area contributed by atoms with E-state index in [-0.39, 0.29) is 30.3 Å². The number of aromatic nitrogens is 1. The van der Waals surface area contributed by atoms with Crippen molar-refractivity contribution in [1.29, 1.82) is 0 Å². The van der Waals surface area contributed by atoms with Crippen LogP contribution in [0.25, 0.3) is 11.3 Å². The van der Waals surface area contributed by atoms with Gasteiger partial charge in [0.25, 0.3) is 0 Å². The summed E-state index contributed by atoms with van der Waals surface area (Å²) in [6, 6.07) is 13.2. The van der Waals surface area contributed by atoms with Crippen molar-refractivity contribution in [2.75, 3.05) is 13.7 Å². The molecule has 3 heterocycles. The molecule has 0 aliphatic carbocycles. The fourth-order valence-corrected chi connectivity index (χ4v) is 4.49. The molecule has 0 amide bonds. The Labute approximate surface area is 192 Å². The van der Waals surface area contributed by atoms with Crippen LogP contribution in [0, 0.1) is 5.82 Å². The number of ether oxygens (including phenoxy) is 1. The van der Waals surface area contributed by atoms with Crippen molar-refractivity contribution >= 4 is 39.2 Å². The van der Waals surface area contributed by atoms with E-state index in [0.717, 1.165) is 11.3 Å². The first-order valence-corrected chi connectivity index (χ1v) is 10.8. The standard InChI is InChI=1S/C22H19BrFN3O3S/c1-29-19(28)9-11-27-21(20(26-22(27)31)16-4-2-3-10-25-16)18-8-7-17(30-18)14-6-5-13(24)12-15(14)23/h2-8,10,12,20-21H,9,11H2,1H3,(H,26,31)/t20-,21-/m0/s1. The van der Waals surface area contributed by atoms with E-state index >= 15 is 0 Å². The van der Waals surface area contributed by atoms with Crippen molar-refractivity contribution in [3.8, 4) is 11.3 Å². The molecule has 1 fully saturated rings. The minimum Gasteiger partial charge on any atom is -0.469 e. The van der Waals surface area contributed by atoms with Gasteiger partial charge in [-0.15, -0.1) is 0 Å². The van der Waals surface area contributed by atoms with Crippen molar-refractivity contribution in [3.63, 3.8) is 0 Å². The summed E-state index contributed by atoms with van der Waals surface area (Å²) in [6.07, 6.45) is 1.90. The summed E-state index contributed by atoms with van der Waals surface area (Å²) in [6.45, 7) is 0.364. The second kappa shape index (κ2) is 9.15. The molecule has 160 valence electrons. The maximum absolute atomic E-state index is 13.5. The molecule has 1 aliphatic rings. The Balaban J connectivity index is 1.70. The minimum atomic E-state index is -0.336. The first-order chi connectivity index (χ1) is 15.0. The Bertz CT molecular complexity index is 1110. The molecule has 3 aromatic rings. The highest BCUT2D eigenvalue weighted by atomic mass is 79.9. The number of rotatable bonds is 6. The number of nitrogens with one attached hydrogen (secondary N) is 1. The van der Waals surface area contributed by atoms with Crippen LogP contribution in [-0.2, 0) is 9.53 Å². The lowest BCUT2D eigenvalue weighted by molar-refractivity contribution is -0.140. The molecule has 0 bridgehead atoms. The lowest BCUT2D eigenvalue weighted by Crippen LogP contribution is -2.31. The number of hydrogen-bond donors (Lipinski definition) is 1. The number of carbonyl (C=O) groups is 1. The topological polar surface area (TPSA) is 67.6 Å². The van der Waals surface area contributed by atoms with E-state index in [1.165, 1.54) is 19.2 Å². The van der Waals surface area contributed by atoms with Gasteiger partial charge in [-0.2, -0.15) is 0 Å². The van der Waals surface area contributed by atoms with Gasteiger partial charge in [-0.05, 0) is 70.6 Å². The van der Waals surface area contributed by atoms with Crippen LogP contribution in [0.3, 0.4) is 0 Å². The molecule has 1 N–H and O–H groups in total. The molecule has 6 nitrogen and oxygen atoms in total. The quantitative estimate of drug-likeness (QED) is 0.383. The molecule has 1 aliphatic heterocycles. The third-order valence-electron chi connectivity index (χ3n) is 5.10. The van der Waals surface area contributed by atoms with Crippen LogP contribution in [0.4, 0.5) is 4.39 Å². The summed E-state index contributed by atoms with van der Waals surface area (Å²) >= 11 is 8.95. The second-order valence-corrected chi connectivity index (χ2v) is 8.21. The molecule has 9 heteroatoms. The van der Waals surface area contributed by atoms with Crippen LogP contribution in [0.5, 0.6) is 0 Å². The summed E-state index contributed by atoms with van der Waals surface area (Å²) in [4.78, 5) is 18.1. The summed E-state index contributed by atoms with van der Waals surface area (Å²) in [7, 11) is 1.36. The van der Waals surface area contributed by atoms with Gasteiger partial charge in [-0.1, -0.05) is 6.07 Å². The third kappa shape index (κ3) is 4.47. The lowest BCUT2D eigenvalue weighted by Gasteiger charge is -2.25. The Kier molecular flexibility index (Phi) is 6.33. The molecular weight excluding hydrogens is 485 g/mol. The smallest absolute Gasteiger partial charge is 0.307 e. The first kappa shape index (κ1) is 21.5. The summed E-state index contributed by atoms with van der Waals surface area (Å²) in [5, 5.41) is 3.81. The molecule has 2 atom stereocenters. The molecule has 0 saturated carbocycles. The number of methoxy groups -OCH3 is 1. The second-order valence-electron chi connectivity index (χ2n) is 6.97. The van der Waals surface area contributed by atoms with Gasteiger partial charge in [0, 0.05) is 22.8 Å². The number of esters is 1. The predicted molar refractivity (Wildman–Crippen MR) is 121 cm³/mol. The van der Waals surface area contributed by atoms with Gasteiger partial charge >= 0.3 is 5.97 Å². The number of nitrogens with zero attached hydrogens (tertiary/aromatic N) is 2. The average Bonchev–Trinajstić information content (AvgIpc) is 3.37. The zero-order valence-corrected chi connectivity index (χ0v) is 19.0. The van der Waals surface area contributed by atoms with E-state index in [2.05, 4.69) is 26.2 Å². The number of furan rings is 1. The number of thiocarbonyl (C=S) groups is 1. The van der Waals surface area contributed by atoms with Gasteiger partial charge in [0.2, 0.25) is 0 Å². The minimum absolute atomic E-state index is 0.181. The summed E-state index contributed by atoms with van der Waals surface area (Å²) in [5.41, 5.74) is 1.54. The number of carbonyl (C=O) groups excluding carboxylic acids is 1. The normalized spacial score (nSPS) is 18.2. The zero-order valence-electron chi connectivity index (χ0n) is 16.5. The number of halogens is 2. The number of benzene rings is 1. The largest absolute Gasteiger partial charge is 0.469 e. The van der Waals surface area contributed by atoms with Crippen LogP contribution in [0.2, 0.25) is 0 Å². The van der Waals surface area contributed by atoms with Crippen LogP contribution >= 0.6 is 28.1 Å². The highest BCUT2D eigenvalue weighted by molar-refractivity contribution is 9.10. The van der Waals surface area contributed by atoms with E-state index < -0.39 is 0 Å². The van der Waals surface area contributed by atoms with Crippen LogP contribution < -0.4 is 5.32 Å². The Morgan fingerprint density at radius 3 is 2.87 bits per heavy atom. The molecule has 31 heavy (non-hydrogen) atoms. The van der Waals surface area contributed by atoms with Gasteiger partial charge in [0.05, 0.1) is 25.3 Å². The third-order valence-corrected chi connectivity index (χ3v) is 6.11. The molecule has 2 aromatic heterocycles.